The molecule has 1 N–H and O–H groups in total. The molecule has 0 aliphatic carbocycles. The van der Waals surface area contributed by atoms with Gasteiger partial charge in [0.15, 0.2) is 14.0 Å². The van der Waals surface area contributed by atoms with Crippen molar-refractivity contribution in [2.24, 2.45) is 0 Å². The van der Waals surface area contributed by atoms with Crippen LogP contribution in [-0.2, 0) is 9.84 Å². The molecule has 16 heavy (non-hydrogen) atoms. The van der Waals surface area contributed by atoms with Gasteiger partial charge in [-0.3, -0.25) is 0 Å². The van der Waals surface area contributed by atoms with E-state index in [1.165, 1.54) is 0 Å². The molecule has 0 spiro atoms. The van der Waals surface area contributed by atoms with Gasteiger partial charge in [0, 0.05) is 6.26 Å². The van der Waals surface area contributed by atoms with Crippen LogP contribution in [0.15, 0.2) is 30.3 Å². The normalized spacial score (nSPS) is 17.8. The standard InChI is InChI=1S/C11H15ClO3S/c1-3-11(12,16(2,14)15)10(13)9-7-5-4-6-8-9/h4-8,10,13H,3H2,1-2H3/t10-,11-/m1/s1. The first kappa shape index (κ1) is 13.5. The third kappa shape index (κ3) is 2.39. The SMILES string of the molecule is CC[C@](Cl)([C@H](O)c1ccccc1)S(C)(=O)=O. The summed E-state index contributed by atoms with van der Waals surface area (Å²) in [5.41, 5.74) is 0.504. The van der Waals surface area contributed by atoms with Gasteiger partial charge in [-0.25, -0.2) is 8.42 Å². The molecule has 1 aromatic carbocycles. The Balaban J connectivity index is 3.18. The Morgan fingerprint density at radius 3 is 2.25 bits per heavy atom. The van der Waals surface area contributed by atoms with Gasteiger partial charge in [0.2, 0.25) is 0 Å². The number of benzene rings is 1. The van der Waals surface area contributed by atoms with Crippen molar-refractivity contribution in [3.8, 4) is 0 Å². The van der Waals surface area contributed by atoms with Crippen molar-refractivity contribution >= 4 is 21.4 Å². The second kappa shape index (κ2) is 4.73. The lowest BCUT2D eigenvalue weighted by Crippen LogP contribution is -2.37. The van der Waals surface area contributed by atoms with Crippen LogP contribution in [0.5, 0.6) is 0 Å². The van der Waals surface area contributed by atoms with Gasteiger partial charge in [-0.1, -0.05) is 48.9 Å². The zero-order chi connectivity index (χ0) is 12.4. The van der Waals surface area contributed by atoms with Crippen LogP contribution in [0.25, 0.3) is 0 Å². The van der Waals surface area contributed by atoms with E-state index in [0.717, 1.165) is 6.26 Å². The van der Waals surface area contributed by atoms with Gasteiger partial charge in [0.05, 0.1) is 0 Å². The predicted molar refractivity (Wildman–Crippen MR) is 65.1 cm³/mol. The number of aliphatic hydroxyl groups is 1. The first-order valence-electron chi connectivity index (χ1n) is 4.94. The smallest absolute Gasteiger partial charge is 0.174 e. The maximum Gasteiger partial charge on any atom is 0.174 e. The third-order valence-electron chi connectivity index (χ3n) is 2.62. The molecule has 3 nitrogen and oxygen atoms in total. The number of halogens is 1. The average molecular weight is 263 g/mol. The largest absolute Gasteiger partial charge is 0.385 e. The minimum Gasteiger partial charge on any atom is -0.385 e. The Kier molecular flexibility index (Phi) is 3.99. The first-order valence-corrected chi connectivity index (χ1v) is 7.21. The van der Waals surface area contributed by atoms with Crippen molar-refractivity contribution in [1.82, 2.24) is 0 Å². The molecule has 0 amide bonds. The summed E-state index contributed by atoms with van der Waals surface area (Å²) in [4.78, 5) is 0. The third-order valence-corrected chi connectivity index (χ3v) is 5.68. The number of aliphatic hydroxyl groups excluding tert-OH is 1. The van der Waals surface area contributed by atoms with Crippen molar-refractivity contribution in [3.05, 3.63) is 35.9 Å². The van der Waals surface area contributed by atoms with Gasteiger partial charge in [-0.2, -0.15) is 0 Å². The van der Waals surface area contributed by atoms with Gasteiger partial charge in [-0.15, -0.1) is 0 Å². The molecule has 0 aliphatic rings. The van der Waals surface area contributed by atoms with Crippen LogP contribution in [-0.4, -0.2) is 24.0 Å². The maximum absolute atomic E-state index is 11.6. The summed E-state index contributed by atoms with van der Waals surface area (Å²) in [6.45, 7) is 1.64. The predicted octanol–water partition coefficient (Wildman–Crippen LogP) is 2.11. The minimum absolute atomic E-state index is 0.142. The maximum atomic E-state index is 11.6. The summed E-state index contributed by atoms with van der Waals surface area (Å²) in [6, 6.07) is 8.56. The van der Waals surface area contributed by atoms with Crippen LogP contribution >= 0.6 is 11.6 Å². The Morgan fingerprint density at radius 1 is 1.38 bits per heavy atom. The van der Waals surface area contributed by atoms with Gasteiger partial charge in [0.25, 0.3) is 0 Å². The molecular weight excluding hydrogens is 248 g/mol. The van der Waals surface area contributed by atoms with Crippen molar-refractivity contribution in [2.75, 3.05) is 6.26 Å². The van der Waals surface area contributed by atoms with Crippen LogP contribution < -0.4 is 0 Å². The van der Waals surface area contributed by atoms with Crippen molar-refractivity contribution in [2.45, 2.75) is 23.7 Å². The summed E-state index contributed by atoms with van der Waals surface area (Å²) in [7, 11) is -3.55. The Bertz CT molecular complexity index is 444. The van der Waals surface area contributed by atoms with Crippen LogP contribution in [0.2, 0.25) is 0 Å². The average Bonchev–Trinajstić information content (AvgIpc) is 2.26. The van der Waals surface area contributed by atoms with Crippen molar-refractivity contribution in [3.63, 3.8) is 0 Å². The molecule has 0 radical (unpaired) electrons. The van der Waals surface area contributed by atoms with E-state index in [4.69, 9.17) is 11.6 Å². The van der Waals surface area contributed by atoms with Gasteiger partial charge in [0.1, 0.15) is 6.10 Å². The molecule has 0 fully saturated rings. The Morgan fingerprint density at radius 2 is 1.88 bits per heavy atom. The number of hydrogen-bond donors (Lipinski definition) is 1. The minimum atomic E-state index is -3.55. The van der Waals surface area contributed by atoms with Crippen LogP contribution in [0, 0.1) is 0 Å². The highest BCUT2D eigenvalue weighted by Crippen LogP contribution is 2.39. The van der Waals surface area contributed by atoms with E-state index in [1.807, 2.05) is 0 Å². The van der Waals surface area contributed by atoms with Gasteiger partial charge in [-0.05, 0) is 12.0 Å². The molecule has 5 heteroatoms. The van der Waals surface area contributed by atoms with E-state index in [1.54, 1.807) is 37.3 Å². The highest BCUT2D eigenvalue weighted by molar-refractivity contribution is 7.93. The van der Waals surface area contributed by atoms with Gasteiger partial charge >= 0.3 is 0 Å². The van der Waals surface area contributed by atoms with E-state index in [2.05, 4.69) is 0 Å². The zero-order valence-corrected chi connectivity index (χ0v) is 10.8. The van der Waals surface area contributed by atoms with E-state index in [9.17, 15) is 13.5 Å². The van der Waals surface area contributed by atoms with Crippen LogP contribution in [0.4, 0.5) is 0 Å². The highest BCUT2D eigenvalue weighted by atomic mass is 35.5. The molecule has 0 unspecified atom stereocenters. The topological polar surface area (TPSA) is 54.4 Å². The first-order chi connectivity index (χ1) is 7.33. The molecule has 0 heterocycles. The second-order valence-electron chi connectivity index (χ2n) is 3.73. The molecule has 0 saturated carbocycles. The highest BCUT2D eigenvalue weighted by Gasteiger charge is 2.44. The molecule has 2 atom stereocenters. The zero-order valence-electron chi connectivity index (χ0n) is 9.22. The molecule has 1 aromatic rings. The molecule has 0 aromatic heterocycles. The van der Waals surface area contributed by atoms with E-state index in [0.29, 0.717) is 5.56 Å². The lowest BCUT2D eigenvalue weighted by molar-refractivity contribution is 0.155. The van der Waals surface area contributed by atoms with Crippen molar-refractivity contribution < 1.29 is 13.5 Å². The monoisotopic (exact) mass is 262 g/mol. The number of rotatable bonds is 4. The summed E-state index contributed by atoms with van der Waals surface area (Å²) in [5, 5.41) is 10.1. The van der Waals surface area contributed by atoms with Gasteiger partial charge < -0.3 is 5.11 Å². The number of sulfone groups is 1. The van der Waals surface area contributed by atoms with Crippen molar-refractivity contribution in [1.29, 1.82) is 0 Å². The molecule has 90 valence electrons. The molecule has 0 saturated heterocycles. The molecule has 0 aliphatic heterocycles. The molecule has 1 rings (SSSR count). The van der Waals surface area contributed by atoms with E-state index < -0.39 is 20.1 Å². The summed E-state index contributed by atoms with van der Waals surface area (Å²) < 4.78 is 21.6. The molecular formula is C11H15ClO3S. The Hall–Kier alpha value is -0.580. The van der Waals surface area contributed by atoms with E-state index in [-0.39, 0.29) is 6.42 Å². The summed E-state index contributed by atoms with van der Waals surface area (Å²) in [5.74, 6) is 0. The number of hydrogen-bond acceptors (Lipinski definition) is 3. The summed E-state index contributed by atoms with van der Waals surface area (Å²) >= 11 is 6.05. The second-order valence-corrected chi connectivity index (χ2v) is 6.90. The lowest BCUT2D eigenvalue weighted by atomic mass is 10.0. The van der Waals surface area contributed by atoms with Crippen LogP contribution in [0.1, 0.15) is 25.0 Å². The fraction of sp³-hybridized carbons (Fsp3) is 0.455. The van der Waals surface area contributed by atoms with E-state index >= 15 is 0 Å². The number of alkyl halides is 1. The Labute approximate surface area is 101 Å². The lowest BCUT2D eigenvalue weighted by Gasteiger charge is -2.29. The fourth-order valence-corrected chi connectivity index (χ4v) is 2.73. The molecule has 0 bridgehead atoms. The quantitative estimate of drug-likeness (QED) is 0.846. The fourth-order valence-electron chi connectivity index (χ4n) is 1.54. The van der Waals surface area contributed by atoms with Crippen LogP contribution in [0.3, 0.4) is 0 Å². The summed E-state index contributed by atoms with van der Waals surface area (Å²) in [6.07, 6.45) is -0.0468.